The van der Waals surface area contributed by atoms with Gasteiger partial charge in [-0.1, -0.05) is 13.0 Å². The Morgan fingerprint density at radius 1 is 1.30 bits per heavy atom. The summed E-state index contributed by atoms with van der Waals surface area (Å²) in [5.74, 6) is -2.19. The van der Waals surface area contributed by atoms with Crippen LogP contribution in [0.2, 0.25) is 0 Å². The molecule has 1 aromatic rings. The number of hydrogen-bond donors (Lipinski definition) is 1. The molecule has 1 fully saturated rings. The molecule has 0 spiro atoms. The summed E-state index contributed by atoms with van der Waals surface area (Å²) in [4.78, 5) is 25.4. The predicted molar refractivity (Wildman–Crippen MR) is 82.9 cm³/mol. The van der Waals surface area contributed by atoms with Crippen molar-refractivity contribution in [2.24, 2.45) is 5.92 Å². The standard InChI is InChI=1S/C17H22F2N2O2/c1-2-5-15(22)20-10-12-6-4-9-21(11-12)17(23)16-13(18)7-3-8-14(16)19/h3,7-8,12H,2,4-6,9-11H2,1H3,(H,20,22)/t12-/m1/s1. The molecule has 6 heteroatoms. The summed E-state index contributed by atoms with van der Waals surface area (Å²) in [5.41, 5.74) is -0.497. The van der Waals surface area contributed by atoms with Gasteiger partial charge in [-0.05, 0) is 37.3 Å². The molecule has 0 unspecified atom stereocenters. The Bertz CT molecular complexity index is 557. The first kappa shape index (κ1) is 17.4. The minimum Gasteiger partial charge on any atom is -0.356 e. The number of halogens is 2. The molecule has 0 aliphatic carbocycles. The van der Waals surface area contributed by atoms with Crippen molar-refractivity contribution in [3.8, 4) is 0 Å². The van der Waals surface area contributed by atoms with Gasteiger partial charge in [0, 0.05) is 26.1 Å². The topological polar surface area (TPSA) is 49.4 Å². The van der Waals surface area contributed by atoms with E-state index in [1.165, 1.54) is 11.0 Å². The predicted octanol–water partition coefficient (Wildman–Crippen LogP) is 2.73. The molecule has 2 amide bonds. The summed E-state index contributed by atoms with van der Waals surface area (Å²) < 4.78 is 27.5. The fourth-order valence-electron chi connectivity index (χ4n) is 2.85. The maximum Gasteiger partial charge on any atom is 0.259 e. The number of carbonyl (C=O) groups is 2. The van der Waals surface area contributed by atoms with Crippen LogP contribution in [0.15, 0.2) is 18.2 Å². The number of piperidine rings is 1. The number of nitrogens with zero attached hydrogens (tertiary/aromatic N) is 1. The van der Waals surface area contributed by atoms with Crippen LogP contribution in [0.3, 0.4) is 0 Å². The first-order valence-corrected chi connectivity index (χ1v) is 8.03. The van der Waals surface area contributed by atoms with Gasteiger partial charge in [0.1, 0.15) is 17.2 Å². The van der Waals surface area contributed by atoms with Crippen molar-refractivity contribution >= 4 is 11.8 Å². The van der Waals surface area contributed by atoms with Crippen molar-refractivity contribution < 1.29 is 18.4 Å². The molecule has 1 aromatic carbocycles. The summed E-state index contributed by atoms with van der Waals surface area (Å²) >= 11 is 0. The van der Waals surface area contributed by atoms with Gasteiger partial charge in [-0.15, -0.1) is 0 Å². The Morgan fingerprint density at radius 2 is 2.00 bits per heavy atom. The molecule has 0 aromatic heterocycles. The van der Waals surface area contributed by atoms with Crippen LogP contribution in [0.1, 0.15) is 43.0 Å². The third-order valence-electron chi connectivity index (χ3n) is 4.05. The minimum atomic E-state index is -0.839. The van der Waals surface area contributed by atoms with Gasteiger partial charge in [0.05, 0.1) is 0 Å². The molecule has 4 nitrogen and oxygen atoms in total. The Labute approximate surface area is 134 Å². The fraction of sp³-hybridized carbons (Fsp3) is 0.529. The normalized spacial score (nSPS) is 17.9. The first-order valence-electron chi connectivity index (χ1n) is 8.03. The summed E-state index contributed by atoms with van der Waals surface area (Å²) in [6, 6.07) is 3.41. The van der Waals surface area contributed by atoms with Crippen molar-refractivity contribution in [2.45, 2.75) is 32.6 Å². The van der Waals surface area contributed by atoms with Gasteiger partial charge in [0.25, 0.3) is 5.91 Å². The molecular weight excluding hydrogens is 302 g/mol. The Kier molecular flexibility index (Phi) is 6.07. The van der Waals surface area contributed by atoms with Gasteiger partial charge in [0.15, 0.2) is 0 Å². The molecule has 1 N–H and O–H groups in total. The van der Waals surface area contributed by atoms with E-state index in [0.29, 0.717) is 26.1 Å². The van der Waals surface area contributed by atoms with Crippen LogP contribution in [0.4, 0.5) is 8.78 Å². The van der Waals surface area contributed by atoms with E-state index in [1.54, 1.807) is 0 Å². The summed E-state index contributed by atoms with van der Waals surface area (Å²) in [5, 5.41) is 2.85. The lowest BCUT2D eigenvalue weighted by Crippen LogP contribution is -2.44. The van der Waals surface area contributed by atoms with Crippen LogP contribution < -0.4 is 5.32 Å². The van der Waals surface area contributed by atoms with Crippen molar-refractivity contribution in [3.05, 3.63) is 35.4 Å². The average Bonchev–Trinajstić information content (AvgIpc) is 2.53. The zero-order valence-corrected chi connectivity index (χ0v) is 13.3. The van der Waals surface area contributed by atoms with Crippen LogP contribution in [0.25, 0.3) is 0 Å². The van der Waals surface area contributed by atoms with E-state index >= 15 is 0 Å². The SMILES string of the molecule is CCCC(=O)NC[C@H]1CCCN(C(=O)c2c(F)cccc2F)C1. The lowest BCUT2D eigenvalue weighted by atomic mass is 9.97. The molecule has 1 aliphatic rings. The molecule has 126 valence electrons. The first-order chi connectivity index (χ1) is 11.0. The van der Waals surface area contributed by atoms with Gasteiger partial charge in [-0.2, -0.15) is 0 Å². The van der Waals surface area contributed by atoms with Crippen LogP contribution in [-0.2, 0) is 4.79 Å². The third-order valence-corrected chi connectivity index (χ3v) is 4.05. The lowest BCUT2D eigenvalue weighted by molar-refractivity contribution is -0.121. The highest BCUT2D eigenvalue weighted by Gasteiger charge is 2.28. The quantitative estimate of drug-likeness (QED) is 0.905. The van der Waals surface area contributed by atoms with Crippen molar-refractivity contribution in [1.29, 1.82) is 0 Å². The second-order valence-electron chi connectivity index (χ2n) is 5.91. The van der Waals surface area contributed by atoms with Gasteiger partial charge in [-0.25, -0.2) is 8.78 Å². The van der Waals surface area contributed by atoms with E-state index in [-0.39, 0.29) is 11.8 Å². The molecule has 1 aliphatic heterocycles. The van der Waals surface area contributed by atoms with E-state index in [4.69, 9.17) is 0 Å². The number of rotatable bonds is 5. The zero-order valence-electron chi connectivity index (χ0n) is 13.3. The number of benzene rings is 1. The molecule has 0 radical (unpaired) electrons. The molecule has 23 heavy (non-hydrogen) atoms. The van der Waals surface area contributed by atoms with E-state index in [1.807, 2.05) is 6.92 Å². The maximum absolute atomic E-state index is 13.7. The van der Waals surface area contributed by atoms with Crippen molar-refractivity contribution in [1.82, 2.24) is 10.2 Å². The van der Waals surface area contributed by atoms with Crippen LogP contribution >= 0.6 is 0 Å². The highest BCUT2D eigenvalue weighted by Crippen LogP contribution is 2.21. The summed E-state index contributed by atoms with van der Waals surface area (Å²) in [6.45, 7) is 3.30. The van der Waals surface area contributed by atoms with E-state index < -0.39 is 23.1 Å². The largest absolute Gasteiger partial charge is 0.356 e. The van der Waals surface area contributed by atoms with Crippen molar-refractivity contribution in [3.63, 3.8) is 0 Å². The Hall–Kier alpha value is -1.98. The van der Waals surface area contributed by atoms with Crippen LogP contribution in [0, 0.1) is 17.6 Å². The number of hydrogen-bond acceptors (Lipinski definition) is 2. The molecule has 2 rings (SSSR count). The molecular formula is C17H22F2N2O2. The molecule has 0 saturated carbocycles. The lowest BCUT2D eigenvalue weighted by Gasteiger charge is -2.33. The average molecular weight is 324 g/mol. The van der Waals surface area contributed by atoms with Gasteiger partial charge < -0.3 is 10.2 Å². The van der Waals surface area contributed by atoms with E-state index in [9.17, 15) is 18.4 Å². The monoisotopic (exact) mass is 324 g/mol. The fourth-order valence-corrected chi connectivity index (χ4v) is 2.85. The second-order valence-corrected chi connectivity index (χ2v) is 5.91. The zero-order chi connectivity index (χ0) is 16.8. The number of likely N-dealkylation sites (tertiary alicyclic amines) is 1. The number of amides is 2. The summed E-state index contributed by atoms with van der Waals surface area (Å²) in [6.07, 6.45) is 2.91. The van der Waals surface area contributed by atoms with Crippen molar-refractivity contribution in [2.75, 3.05) is 19.6 Å². The Balaban J connectivity index is 1.98. The van der Waals surface area contributed by atoms with Gasteiger partial charge >= 0.3 is 0 Å². The molecule has 1 atom stereocenters. The molecule has 1 heterocycles. The highest BCUT2D eigenvalue weighted by atomic mass is 19.1. The number of carbonyl (C=O) groups excluding carboxylic acids is 2. The minimum absolute atomic E-state index is 0.00361. The molecule has 1 saturated heterocycles. The van der Waals surface area contributed by atoms with E-state index in [0.717, 1.165) is 31.4 Å². The highest BCUT2D eigenvalue weighted by molar-refractivity contribution is 5.94. The maximum atomic E-state index is 13.7. The van der Waals surface area contributed by atoms with Gasteiger partial charge in [-0.3, -0.25) is 9.59 Å². The van der Waals surface area contributed by atoms with E-state index in [2.05, 4.69) is 5.32 Å². The Morgan fingerprint density at radius 3 is 2.65 bits per heavy atom. The number of nitrogens with one attached hydrogen (secondary N) is 1. The summed E-state index contributed by atoms with van der Waals surface area (Å²) in [7, 11) is 0. The van der Waals surface area contributed by atoms with Crippen LogP contribution in [-0.4, -0.2) is 36.3 Å². The van der Waals surface area contributed by atoms with Crippen LogP contribution in [0.5, 0.6) is 0 Å². The molecule has 0 bridgehead atoms. The van der Waals surface area contributed by atoms with Gasteiger partial charge in [0.2, 0.25) is 5.91 Å². The second kappa shape index (κ2) is 8.04. The third kappa shape index (κ3) is 4.50. The smallest absolute Gasteiger partial charge is 0.259 e.